The summed E-state index contributed by atoms with van der Waals surface area (Å²) in [5.41, 5.74) is 3.29. The Morgan fingerprint density at radius 1 is 1.19 bits per heavy atom. The quantitative estimate of drug-likeness (QED) is 0.923. The zero-order valence-electron chi connectivity index (χ0n) is 13.6. The van der Waals surface area contributed by atoms with Gasteiger partial charge in [0.05, 0.1) is 6.54 Å². The second-order valence-corrected chi connectivity index (χ2v) is 6.20. The minimum absolute atomic E-state index is 0.0849. The molecule has 1 fully saturated rings. The highest BCUT2D eigenvalue weighted by atomic mass is 16.2. The summed E-state index contributed by atoms with van der Waals surface area (Å²) in [6.45, 7) is 13.1. The van der Waals surface area contributed by atoms with E-state index in [1.54, 1.807) is 0 Å². The number of hydrogen-bond donors (Lipinski definition) is 1. The van der Waals surface area contributed by atoms with Gasteiger partial charge in [0, 0.05) is 37.9 Å². The summed E-state index contributed by atoms with van der Waals surface area (Å²) in [6, 6.07) is 6.61. The van der Waals surface area contributed by atoms with Gasteiger partial charge in [-0.1, -0.05) is 12.1 Å². The molecule has 1 heterocycles. The number of rotatable bonds is 4. The molecule has 0 aliphatic carbocycles. The number of piperazine rings is 1. The van der Waals surface area contributed by atoms with E-state index < -0.39 is 0 Å². The van der Waals surface area contributed by atoms with Gasteiger partial charge in [-0.25, -0.2) is 0 Å². The van der Waals surface area contributed by atoms with Crippen molar-refractivity contribution in [3.8, 4) is 0 Å². The lowest BCUT2D eigenvalue weighted by Gasteiger charge is -2.36. The van der Waals surface area contributed by atoms with Gasteiger partial charge in [0.2, 0.25) is 5.91 Å². The maximum Gasteiger partial charge on any atom is 0.238 e. The van der Waals surface area contributed by atoms with Crippen LogP contribution >= 0.6 is 0 Å². The van der Waals surface area contributed by atoms with Crippen molar-refractivity contribution in [2.24, 2.45) is 0 Å². The Morgan fingerprint density at radius 3 is 2.48 bits per heavy atom. The summed E-state index contributed by atoms with van der Waals surface area (Å²) < 4.78 is 0. The second-order valence-electron chi connectivity index (χ2n) is 6.20. The molecule has 4 nitrogen and oxygen atoms in total. The van der Waals surface area contributed by atoms with Crippen molar-refractivity contribution in [3.05, 3.63) is 29.3 Å². The number of nitrogens with one attached hydrogen (secondary N) is 1. The van der Waals surface area contributed by atoms with Gasteiger partial charge in [-0.15, -0.1) is 0 Å². The molecule has 21 heavy (non-hydrogen) atoms. The first-order chi connectivity index (χ1) is 9.97. The first-order valence-electron chi connectivity index (χ1n) is 7.80. The molecule has 0 bridgehead atoms. The predicted octanol–water partition coefficient (Wildman–Crippen LogP) is 2.27. The van der Waals surface area contributed by atoms with E-state index in [0.717, 1.165) is 37.4 Å². The van der Waals surface area contributed by atoms with Crippen molar-refractivity contribution in [3.63, 3.8) is 0 Å². The van der Waals surface area contributed by atoms with Crippen LogP contribution in [-0.4, -0.2) is 54.5 Å². The van der Waals surface area contributed by atoms with Crippen LogP contribution in [0.3, 0.4) is 0 Å². The molecule has 1 aromatic rings. The first-order valence-corrected chi connectivity index (χ1v) is 7.80. The lowest BCUT2D eigenvalue weighted by molar-refractivity contribution is -0.117. The fourth-order valence-corrected chi connectivity index (χ4v) is 2.72. The monoisotopic (exact) mass is 289 g/mol. The number of aryl methyl sites for hydroxylation is 1. The Labute approximate surface area is 128 Å². The number of benzene rings is 1. The number of carbonyl (C=O) groups is 1. The number of amides is 1. The lowest BCUT2D eigenvalue weighted by atomic mass is 10.1. The van der Waals surface area contributed by atoms with E-state index in [9.17, 15) is 4.79 Å². The molecule has 0 aromatic heterocycles. The van der Waals surface area contributed by atoms with Crippen LogP contribution in [0.5, 0.6) is 0 Å². The van der Waals surface area contributed by atoms with E-state index >= 15 is 0 Å². The fourth-order valence-electron chi connectivity index (χ4n) is 2.72. The van der Waals surface area contributed by atoms with Crippen LogP contribution in [0.1, 0.15) is 25.0 Å². The van der Waals surface area contributed by atoms with Gasteiger partial charge in [-0.2, -0.15) is 0 Å². The molecule has 1 amide bonds. The van der Waals surface area contributed by atoms with Crippen molar-refractivity contribution >= 4 is 11.6 Å². The smallest absolute Gasteiger partial charge is 0.238 e. The predicted molar refractivity (Wildman–Crippen MR) is 87.7 cm³/mol. The topological polar surface area (TPSA) is 35.6 Å². The van der Waals surface area contributed by atoms with Crippen molar-refractivity contribution in [1.29, 1.82) is 0 Å². The van der Waals surface area contributed by atoms with Crippen LogP contribution in [0.25, 0.3) is 0 Å². The molecule has 0 radical (unpaired) electrons. The molecule has 0 unspecified atom stereocenters. The molecule has 4 heteroatoms. The molecule has 1 aromatic carbocycles. The highest BCUT2D eigenvalue weighted by Crippen LogP contribution is 2.18. The van der Waals surface area contributed by atoms with Gasteiger partial charge in [0.15, 0.2) is 0 Å². The molecule has 1 N–H and O–H groups in total. The van der Waals surface area contributed by atoms with E-state index in [1.165, 1.54) is 5.56 Å². The summed E-state index contributed by atoms with van der Waals surface area (Å²) in [5, 5.41) is 3.04. The molecular formula is C17H27N3O. The third kappa shape index (κ3) is 4.29. The zero-order chi connectivity index (χ0) is 15.4. The van der Waals surface area contributed by atoms with E-state index in [2.05, 4.69) is 42.0 Å². The van der Waals surface area contributed by atoms with Gasteiger partial charge in [0.25, 0.3) is 0 Å². The highest BCUT2D eigenvalue weighted by Gasteiger charge is 2.20. The van der Waals surface area contributed by atoms with Crippen LogP contribution < -0.4 is 5.32 Å². The Bertz CT molecular complexity index is 491. The number of nitrogens with zero attached hydrogens (tertiary/aromatic N) is 2. The summed E-state index contributed by atoms with van der Waals surface area (Å²) >= 11 is 0. The van der Waals surface area contributed by atoms with Crippen molar-refractivity contribution in [2.75, 3.05) is 38.0 Å². The summed E-state index contributed by atoms with van der Waals surface area (Å²) in [5.74, 6) is 0.0849. The van der Waals surface area contributed by atoms with Gasteiger partial charge in [-0.05, 0) is 44.9 Å². The Morgan fingerprint density at radius 2 is 1.86 bits per heavy atom. The molecular weight excluding hydrogens is 262 g/mol. The minimum atomic E-state index is 0.0849. The second kappa shape index (κ2) is 7.05. The van der Waals surface area contributed by atoms with Gasteiger partial charge >= 0.3 is 0 Å². The minimum Gasteiger partial charge on any atom is -0.325 e. The number of anilines is 1. The number of carbonyl (C=O) groups excluding carboxylic acids is 1. The molecule has 0 spiro atoms. The normalized spacial score (nSPS) is 17.2. The SMILES string of the molecule is Cc1cccc(NC(=O)CN2CCN(C(C)C)CC2)c1C. The van der Waals surface area contributed by atoms with Crippen molar-refractivity contribution in [1.82, 2.24) is 9.80 Å². The Hall–Kier alpha value is -1.39. The molecule has 0 atom stereocenters. The van der Waals surface area contributed by atoms with Gasteiger partial charge in [0.1, 0.15) is 0 Å². The lowest BCUT2D eigenvalue weighted by Crippen LogP contribution is -2.50. The highest BCUT2D eigenvalue weighted by molar-refractivity contribution is 5.93. The molecule has 2 rings (SSSR count). The molecule has 1 saturated heterocycles. The average Bonchev–Trinajstić information content (AvgIpc) is 2.44. The Kier molecular flexibility index (Phi) is 5.37. The van der Waals surface area contributed by atoms with E-state index in [0.29, 0.717) is 12.6 Å². The molecule has 1 aliphatic rings. The maximum absolute atomic E-state index is 12.2. The summed E-state index contributed by atoms with van der Waals surface area (Å²) in [7, 11) is 0. The van der Waals surface area contributed by atoms with Gasteiger partial charge in [-0.3, -0.25) is 14.6 Å². The van der Waals surface area contributed by atoms with E-state index in [1.807, 2.05) is 19.1 Å². The summed E-state index contributed by atoms with van der Waals surface area (Å²) in [6.07, 6.45) is 0. The molecule has 1 aliphatic heterocycles. The third-order valence-electron chi connectivity index (χ3n) is 4.38. The molecule has 116 valence electrons. The van der Waals surface area contributed by atoms with Crippen molar-refractivity contribution < 1.29 is 4.79 Å². The maximum atomic E-state index is 12.2. The fraction of sp³-hybridized carbons (Fsp3) is 0.588. The standard InChI is InChI=1S/C17H27N3O/c1-13(2)20-10-8-19(9-11-20)12-17(21)18-16-7-5-6-14(3)15(16)4/h5-7,13H,8-12H2,1-4H3,(H,18,21). The van der Waals surface area contributed by atoms with Crippen LogP contribution in [-0.2, 0) is 4.79 Å². The largest absolute Gasteiger partial charge is 0.325 e. The zero-order valence-corrected chi connectivity index (χ0v) is 13.6. The number of hydrogen-bond acceptors (Lipinski definition) is 3. The average molecular weight is 289 g/mol. The molecule has 0 saturated carbocycles. The van der Waals surface area contributed by atoms with E-state index in [-0.39, 0.29) is 5.91 Å². The van der Waals surface area contributed by atoms with E-state index in [4.69, 9.17) is 0 Å². The summed E-state index contributed by atoms with van der Waals surface area (Å²) in [4.78, 5) is 16.9. The van der Waals surface area contributed by atoms with Gasteiger partial charge < -0.3 is 5.32 Å². The van der Waals surface area contributed by atoms with Crippen molar-refractivity contribution in [2.45, 2.75) is 33.7 Å². The van der Waals surface area contributed by atoms with Crippen LogP contribution in [0.4, 0.5) is 5.69 Å². The van der Waals surface area contributed by atoms with Crippen LogP contribution in [0.2, 0.25) is 0 Å². The Balaban J connectivity index is 1.84. The first kappa shape index (κ1) is 16.0. The van der Waals surface area contributed by atoms with Crippen LogP contribution in [0.15, 0.2) is 18.2 Å². The van der Waals surface area contributed by atoms with Crippen LogP contribution in [0, 0.1) is 13.8 Å². The third-order valence-corrected chi connectivity index (χ3v) is 4.38.